The molecule has 0 aliphatic rings. The number of allylic oxidation sites excluding steroid dienone is 1. The zero-order valence-corrected chi connectivity index (χ0v) is 8.16. The van der Waals surface area contributed by atoms with Gasteiger partial charge in [-0.1, -0.05) is 30.9 Å². The molecule has 2 nitrogen and oxygen atoms in total. The quantitative estimate of drug-likeness (QED) is 0.724. The summed E-state index contributed by atoms with van der Waals surface area (Å²) in [6.07, 6.45) is 5.22. The van der Waals surface area contributed by atoms with Crippen LogP contribution in [-0.2, 0) is 4.79 Å². The van der Waals surface area contributed by atoms with Gasteiger partial charge in [-0.25, -0.2) is 0 Å². The fourth-order valence-electron chi connectivity index (χ4n) is 1.06. The van der Waals surface area contributed by atoms with E-state index in [4.69, 9.17) is 0 Å². The lowest BCUT2D eigenvalue weighted by Crippen LogP contribution is -2.06. The lowest BCUT2D eigenvalue weighted by Gasteiger charge is -2.01. The summed E-state index contributed by atoms with van der Waals surface area (Å²) in [5, 5.41) is 2.68. The van der Waals surface area contributed by atoms with E-state index in [1.807, 2.05) is 43.3 Å². The maximum absolute atomic E-state index is 10.9. The molecule has 0 bridgehead atoms. The molecule has 1 amide bonds. The molecule has 1 N–H and O–H groups in total. The van der Waals surface area contributed by atoms with E-state index in [-0.39, 0.29) is 5.91 Å². The normalized spacial score (nSPS) is 10.1. The summed E-state index contributed by atoms with van der Waals surface area (Å²) < 4.78 is 0. The van der Waals surface area contributed by atoms with Gasteiger partial charge in [-0.15, -0.1) is 0 Å². The lowest BCUT2D eigenvalue weighted by molar-refractivity contribution is -0.111. The zero-order valence-electron chi connectivity index (χ0n) is 8.16. The van der Waals surface area contributed by atoms with Gasteiger partial charge in [0, 0.05) is 5.69 Å². The molecule has 0 unspecified atom stereocenters. The van der Waals surface area contributed by atoms with Crippen LogP contribution in [0.4, 0.5) is 5.69 Å². The highest BCUT2D eigenvalue weighted by molar-refractivity contribution is 5.98. The summed E-state index contributed by atoms with van der Waals surface area (Å²) in [6, 6.07) is 7.60. The Kier molecular flexibility index (Phi) is 3.68. The van der Waals surface area contributed by atoms with E-state index in [1.54, 1.807) is 0 Å². The molecule has 1 aromatic carbocycles. The number of carbonyl (C=O) groups is 1. The predicted octanol–water partition coefficient (Wildman–Crippen LogP) is 2.84. The molecule has 0 saturated carbocycles. The number of rotatable bonds is 3. The van der Waals surface area contributed by atoms with Crippen LogP contribution in [0.3, 0.4) is 0 Å². The molecule has 0 fully saturated rings. The van der Waals surface area contributed by atoms with Crippen molar-refractivity contribution in [3.8, 4) is 0 Å². The smallest absolute Gasteiger partial charge is 0.247 e. The Balaban J connectivity index is 2.73. The molecule has 0 aliphatic heterocycles. The second kappa shape index (κ2) is 5.02. The van der Waals surface area contributed by atoms with Crippen LogP contribution < -0.4 is 5.32 Å². The van der Waals surface area contributed by atoms with Crippen molar-refractivity contribution in [2.24, 2.45) is 0 Å². The van der Waals surface area contributed by atoms with Gasteiger partial charge >= 0.3 is 0 Å². The molecule has 0 atom stereocenters. The Morgan fingerprint density at radius 1 is 1.36 bits per heavy atom. The standard InChI is InChI=1S/C12H13NO/c1-3-5-10-6-8-11(9-7-10)13-12(14)4-2/h3-9H,2H2,1H3,(H,13,14)/b5-3+. The average Bonchev–Trinajstić information content (AvgIpc) is 2.21. The van der Waals surface area contributed by atoms with Crippen molar-refractivity contribution >= 4 is 17.7 Å². The van der Waals surface area contributed by atoms with Crippen LogP contribution in [0.15, 0.2) is 43.0 Å². The summed E-state index contributed by atoms with van der Waals surface area (Å²) >= 11 is 0. The maximum Gasteiger partial charge on any atom is 0.247 e. The predicted molar refractivity (Wildman–Crippen MR) is 60.0 cm³/mol. The number of carbonyl (C=O) groups excluding carboxylic acids is 1. The van der Waals surface area contributed by atoms with Crippen LogP contribution in [0.5, 0.6) is 0 Å². The highest BCUT2D eigenvalue weighted by Crippen LogP contribution is 2.10. The third-order valence-electron chi connectivity index (χ3n) is 1.72. The van der Waals surface area contributed by atoms with E-state index in [0.29, 0.717) is 0 Å². The fourth-order valence-corrected chi connectivity index (χ4v) is 1.06. The topological polar surface area (TPSA) is 29.1 Å². The molecule has 0 radical (unpaired) electrons. The maximum atomic E-state index is 10.9. The number of hydrogen-bond donors (Lipinski definition) is 1. The van der Waals surface area contributed by atoms with Crippen LogP contribution in [0.2, 0.25) is 0 Å². The molecular formula is C12H13NO. The van der Waals surface area contributed by atoms with E-state index in [1.165, 1.54) is 6.08 Å². The summed E-state index contributed by atoms with van der Waals surface area (Å²) in [7, 11) is 0. The zero-order chi connectivity index (χ0) is 10.4. The van der Waals surface area contributed by atoms with Crippen LogP contribution in [0.25, 0.3) is 6.08 Å². The second-order valence-corrected chi connectivity index (χ2v) is 2.82. The first-order valence-corrected chi connectivity index (χ1v) is 4.42. The van der Waals surface area contributed by atoms with E-state index in [9.17, 15) is 4.79 Å². The molecule has 1 aromatic rings. The number of nitrogens with one attached hydrogen (secondary N) is 1. The molecule has 0 spiro atoms. The van der Waals surface area contributed by atoms with Crippen LogP contribution in [0, 0.1) is 0 Å². The van der Waals surface area contributed by atoms with Crippen molar-refractivity contribution in [2.45, 2.75) is 6.92 Å². The Morgan fingerprint density at radius 3 is 2.50 bits per heavy atom. The number of benzene rings is 1. The van der Waals surface area contributed by atoms with Crippen molar-refractivity contribution in [1.82, 2.24) is 0 Å². The molecule has 14 heavy (non-hydrogen) atoms. The monoisotopic (exact) mass is 187 g/mol. The van der Waals surface area contributed by atoms with Gasteiger partial charge in [-0.3, -0.25) is 4.79 Å². The van der Waals surface area contributed by atoms with Crippen molar-refractivity contribution in [3.05, 3.63) is 48.6 Å². The summed E-state index contributed by atoms with van der Waals surface area (Å²) in [4.78, 5) is 10.9. The van der Waals surface area contributed by atoms with Crippen molar-refractivity contribution in [3.63, 3.8) is 0 Å². The average molecular weight is 187 g/mol. The van der Waals surface area contributed by atoms with E-state index in [2.05, 4.69) is 11.9 Å². The van der Waals surface area contributed by atoms with E-state index >= 15 is 0 Å². The molecule has 0 heterocycles. The minimum Gasteiger partial charge on any atom is -0.323 e. The molecule has 72 valence electrons. The minimum absolute atomic E-state index is 0.191. The van der Waals surface area contributed by atoms with Gasteiger partial charge in [0.1, 0.15) is 0 Å². The molecule has 0 aliphatic carbocycles. The first-order valence-electron chi connectivity index (χ1n) is 4.42. The second-order valence-electron chi connectivity index (χ2n) is 2.82. The van der Waals surface area contributed by atoms with Crippen molar-refractivity contribution in [2.75, 3.05) is 5.32 Å². The minimum atomic E-state index is -0.191. The van der Waals surface area contributed by atoms with Gasteiger partial charge in [-0.05, 0) is 30.7 Å². The van der Waals surface area contributed by atoms with Crippen LogP contribution in [-0.4, -0.2) is 5.91 Å². The fraction of sp³-hybridized carbons (Fsp3) is 0.0833. The van der Waals surface area contributed by atoms with Crippen LogP contribution >= 0.6 is 0 Å². The van der Waals surface area contributed by atoms with E-state index in [0.717, 1.165) is 11.3 Å². The lowest BCUT2D eigenvalue weighted by atomic mass is 10.2. The molecular weight excluding hydrogens is 174 g/mol. The molecule has 2 heteroatoms. The van der Waals surface area contributed by atoms with Gasteiger partial charge in [0.05, 0.1) is 0 Å². The highest BCUT2D eigenvalue weighted by Gasteiger charge is 1.95. The number of anilines is 1. The van der Waals surface area contributed by atoms with Gasteiger partial charge in [-0.2, -0.15) is 0 Å². The van der Waals surface area contributed by atoms with Gasteiger partial charge in [0.15, 0.2) is 0 Å². The van der Waals surface area contributed by atoms with Crippen molar-refractivity contribution < 1.29 is 4.79 Å². The SMILES string of the molecule is C=CC(=O)Nc1ccc(/C=C/C)cc1. The molecule has 1 rings (SSSR count). The third kappa shape index (κ3) is 2.90. The van der Waals surface area contributed by atoms with Crippen LogP contribution in [0.1, 0.15) is 12.5 Å². The van der Waals surface area contributed by atoms with E-state index < -0.39 is 0 Å². The first-order chi connectivity index (χ1) is 6.76. The summed E-state index contributed by atoms with van der Waals surface area (Å²) in [6.45, 7) is 5.35. The first kappa shape index (κ1) is 10.3. The van der Waals surface area contributed by atoms with Gasteiger partial charge < -0.3 is 5.32 Å². The summed E-state index contributed by atoms with van der Waals surface area (Å²) in [5.74, 6) is -0.191. The highest BCUT2D eigenvalue weighted by atomic mass is 16.1. The van der Waals surface area contributed by atoms with Gasteiger partial charge in [0.25, 0.3) is 0 Å². The number of hydrogen-bond acceptors (Lipinski definition) is 1. The van der Waals surface area contributed by atoms with Crippen molar-refractivity contribution in [1.29, 1.82) is 0 Å². The molecule has 0 saturated heterocycles. The Bertz CT molecular complexity index is 349. The summed E-state index contributed by atoms with van der Waals surface area (Å²) in [5.41, 5.74) is 1.90. The molecule has 0 aromatic heterocycles. The largest absolute Gasteiger partial charge is 0.323 e. The Hall–Kier alpha value is -1.83. The third-order valence-corrected chi connectivity index (χ3v) is 1.72. The Labute approximate surface area is 84.0 Å². The Morgan fingerprint density at radius 2 is 2.00 bits per heavy atom. The van der Waals surface area contributed by atoms with Gasteiger partial charge in [0.2, 0.25) is 5.91 Å². The number of amides is 1.